The number of ether oxygens (including phenoxy) is 4. The van der Waals surface area contributed by atoms with Crippen LogP contribution in [0.4, 0.5) is 4.39 Å². The predicted octanol–water partition coefficient (Wildman–Crippen LogP) is 22.4. The lowest BCUT2D eigenvalue weighted by molar-refractivity contribution is -0.0411. The maximum absolute atomic E-state index is 12.4. The molecule has 0 heterocycles. The van der Waals surface area contributed by atoms with Gasteiger partial charge in [-0.1, -0.05) is 204 Å². The van der Waals surface area contributed by atoms with Gasteiger partial charge in [-0.05, 0) is 226 Å². The molecule has 458 valence electrons. The molecule has 0 saturated heterocycles. The van der Waals surface area contributed by atoms with Gasteiger partial charge >= 0.3 is 0 Å². The van der Waals surface area contributed by atoms with E-state index in [-0.39, 0.29) is 10.8 Å². The first-order valence-corrected chi connectivity index (χ1v) is 31.2. The number of halogens is 3. The Morgan fingerprint density at radius 2 is 0.881 bits per heavy atom. The second-order valence-electron chi connectivity index (χ2n) is 24.5. The smallest absolute Gasteiger partial charge is 0.141 e. The van der Waals surface area contributed by atoms with Crippen LogP contribution in [0.3, 0.4) is 0 Å². The highest BCUT2D eigenvalue weighted by molar-refractivity contribution is 6.31. The summed E-state index contributed by atoms with van der Waals surface area (Å²) in [5.74, 6) is 4.88. The summed E-state index contributed by atoms with van der Waals surface area (Å²) < 4.78 is 32.4. The van der Waals surface area contributed by atoms with Crippen LogP contribution in [0.1, 0.15) is 150 Å². The first-order chi connectivity index (χ1) is 40.0. The molecule has 0 amide bonds. The molecule has 84 heavy (non-hydrogen) atoms. The molecule has 0 unspecified atom stereocenters. The van der Waals surface area contributed by atoms with E-state index in [2.05, 4.69) is 123 Å². The number of rotatable bonds is 7. The molecular weight excluding hydrogens is 1080 g/mol. The van der Waals surface area contributed by atoms with Crippen LogP contribution in [0.25, 0.3) is 0 Å². The summed E-state index contributed by atoms with van der Waals surface area (Å²) in [7, 11) is 6.89. The molecule has 7 aromatic carbocycles. The zero-order chi connectivity index (χ0) is 62.0. The quantitative estimate of drug-likeness (QED) is 0.159. The van der Waals surface area contributed by atoms with E-state index in [1.54, 1.807) is 79.1 Å². The summed E-state index contributed by atoms with van der Waals surface area (Å²) in [5.41, 5.74) is 17.3. The number of methoxy groups -OCH3 is 4. The number of benzene rings is 7. The van der Waals surface area contributed by atoms with Gasteiger partial charge < -0.3 is 18.9 Å². The van der Waals surface area contributed by atoms with Gasteiger partial charge in [0.25, 0.3) is 0 Å². The second kappa shape index (κ2) is 40.2. The lowest BCUT2D eigenvalue weighted by atomic mass is 9.50. The highest BCUT2D eigenvalue weighted by atomic mass is 35.5. The molecule has 4 bridgehead atoms. The van der Waals surface area contributed by atoms with Crippen LogP contribution >= 0.6 is 23.2 Å². The van der Waals surface area contributed by atoms with Crippen LogP contribution < -0.4 is 4.74 Å². The van der Waals surface area contributed by atoms with Crippen molar-refractivity contribution in [2.45, 2.75) is 167 Å². The largest absolute Gasteiger partial charge is 0.497 e. The van der Waals surface area contributed by atoms with Crippen LogP contribution in [0.5, 0.6) is 5.75 Å². The third kappa shape index (κ3) is 30.7. The fraction of sp³-hybridized carbons (Fsp3) is 0.455. The van der Waals surface area contributed by atoms with Gasteiger partial charge in [0.2, 0.25) is 0 Å². The monoisotopic (exact) mass is 1180 g/mol. The minimum Gasteiger partial charge on any atom is -0.497 e. The highest BCUT2D eigenvalue weighted by Gasteiger charge is 2.48. The fourth-order valence-electron chi connectivity index (χ4n) is 12.1. The van der Waals surface area contributed by atoms with Crippen molar-refractivity contribution in [1.82, 2.24) is 0 Å². The SMILES string of the molecule is CC12CC3CC(CC(C3)C1)C2.COCC1CCCCC1.COCc1cccc(C)c1.COCc1ccccc1.COc1cccc(C)c1.Cc1cc(C)cc(C)c1.Cc1ccc(C)c(C)c1.Cc1ccc(Cl)c(C)c1.Cc1ccc(F)c(Cl)c1. The van der Waals surface area contributed by atoms with Gasteiger partial charge in [0, 0.05) is 33.0 Å². The average molecular weight is 1180 g/mol. The van der Waals surface area contributed by atoms with Crippen molar-refractivity contribution >= 4 is 23.2 Å². The maximum Gasteiger partial charge on any atom is 0.141 e. The number of hydrogen-bond donors (Lipinski definition) is 0. The lowest BCUT2D eigenvalue weighted by Gasteiger charge is -2.55. The second-order valence-corrected chi connectivity index (χ2v) is 25.3. The molecule has 0 spiro atoms. The van der Waals surface area contributed by atoms with Crippen molar-refractivity contribution in [2.75, 3.05) is 35.0 Å². The van der Waals surface area contributed by atoms with Crippen LogP contribution in [-0.4, -0.2) is 35.0 Å². The summed E-state index contributed by atoms with van der Waals surface area (Å²) in [6.45, 7) is 27.8. The molecule has 0 N–H and O–H groups in total. The molecule has 5 aliphatic rings. The Balaban J connectivity index is 0.000000248. The molecule has 12 rings (SSSR count). The van der Waals surface area contributed by atoms with Crippen molar-refractivity contribution in [1.29, 1.82) is 0 Å². The first kappa shape index (κ1) is 73.0. The fourth-order valence-corrected chi connectivity index (χ4v) is 12.4. The Kier molecular flexibility index (Phi) is 34.9. The lowest BCUT2D eigenvalue weighted by Crippen LogP contribution is -2.44. The molecule has 0 atom stereocenters. The molecule has 5 saturated carbocycles. The highest BCUT2D eigenvalue weighted by Crippen LogP contribution is 2.59. The van der Waals surface area contributed by atoms with E-state index in [1.807, 2.05) is 93.6 Å². The van der Waals surface area contributed by atoms with Crippen LogP contribution in [0.2, 0.25) is 10.0 Å². The summed E-state index contributed by atoms with van der Waals surface area (Å²) >= 11 is 11.2. The minimum absolute atomic E-state index is 0.190. The molecule has 0 aliphatic heterocycles. The average Bonchev–Trinajstić information content (AvgIpc) is 2.31. The Hall–Kier alpha value is -5.27. The van der Waals surface area contributed by atoms with Gasteiger partial charge in [-0.2, -0.15) is 0 Å². The summed E-state index contributed by atoms with van der Waals surface area (Å²) in [6, 6.07) is 50.1. The zero-order valence-corrected chi connectivity index (χ0v) is 55.9. The van der Waals surface area contributed by atoms with Crippen LogP contribution in [0, 0.1) is 111 Å². The standard InChI is InChI=1S/C11H18.C9H12O.2C9H12.C8H9Cl.C8H10O.C8H16O.C8H10O.C7H6ClF/c1-11-5-8-2-9(6-11)4-10(3-8)7-11;1-8-4-3-5-9(6-8)7-10-2;1-7-4-8(2)6-9(3)5-7;1-7-4-5-8(2)9(3)6-7;1-6-3-4-8(9)7(2)5-6;1-7-4-3-5-8(6-7)9-2;2*1-9-7-8-5-3-2-4-6-8;1-5-2-3-7(9)6(8)4-5/h8-10H,2-7H2,1H3;3-6H,7H2,1-2H3;2*4-6H,1-3H3;3-5H,1-2H3;3-6H,1-2H3;8H,2-7H2,1H3;2-6H,7H2,1H3;2-4H,1H3. The van der Waals surface area contributed by atoms with Gasteiger partial charge in [-0.15, -0.1) is 0 Å². The normalized spacial score (nSPS) is 17.6. The van der Waals surface area contributed by atoms with E-state index in [9.17, 15) is 4.39 Å². The summed E-state index contributed by atoms with van der Waals surface area (Å²) in [4.78, 5) is 0. The molecule has 5 fully saturated rings. The maximum atomic E-state index is 12.4. The molecule has 0 radical (unpaired) electrons. The number of aryl methyl sites for hydroxylation is 11. The molecule has 0 aromatic heterocycles. The molecule has 7 heteroatoms. The first-order valence-electron chi connectivity index (χ1n) is 30.4. The van der Waals surface area contributed by atoms with E-state index in [0.717, 1.165) is 57.6 Å². The Labute approximate surface area is 520 Å². The van der Waals surface area contributed by atoms with Gasteiger partial charge in [0.1, 0.15) is 11.6 Å². The Bertz CT molecular complexity index is 2700. The van der Waals surface area contributed by atoms with E-state index >= 15 is 0 Å². The van der Waals surface area contributed by atoms with Gasteiger partial charge in [0.15, 0.2) is 0 Å². The van der Waals surface area contributed by atoms with E-state index in [1.165, 1.54) is 99.4 Å². The predicted molar refractivity (Wildman–Crippen MR) is 360 cm³/mol. The van der Waals surface area contributed by atoms with Crippen molar-refractivity contribution in [2.24, 2.45) is 29.1 Å². The minimum atomic E-state index is -0.359. The van der Waals surface area contributed by atoms with Crippen molar-refractivity contribution in [3.63, 3.8) is 0 Å². The third-order valence-electron chi connectivity index (χ3n) is 15.7. The van der Waals surface area contributed by atoms with Crippen molar-refractivity contribution in [3.8, 4) is 5.75 Å². The Morgan fingerprint density at radius 1 is 0.417 bits per heavy atom. The molecular formula is C77H105Cl2FO4. The summed E-state index contributed by atoms with van der Waals surface area (Å²) in [5, 5.41) is 1.04. The summed E-state index contributed by atoms with van der Waals surface area (Å²) in [6.07, 6.45) is 16.6. The van der Waals surface area contributed by atoms with E-state index in [0.29, 0.717) is 13.2 Å². The van der Waals surface area contributed by atoms with Crippen molar-refractivity contribution < 1.29 is 23.3 Å². The zero-order valence-electron chi connectivity index (χ0n) is 54.4. The molecule has 7 aromatic rings. The Morgan fingerprint density at radius 3 is 1.30 bits per heavy atom. The number of hydrogen-bond acceptors (Lipinski definition) is 4. The topological polar surface area (TPSA) is 36.9 Å². The van der Waals surface area contributed by atoms with Crippen molar-refractivity contribution in [3.05, 3.63) is 240 Å². The van der Waals surface area contributed by atoms with E-state index in [4.69, 9.17) is 42.1 Å². The third-order valence-corrected chi connectivity index (χ3v) is 16.4. The van der Waals surface area contributed by atoms with Gasteiger partial charge in [-0.25, -0.2) is 4.39 Å². The van der Waals surface area contributed by atoms with Gasteiger partial charge in [0.05, 0.1) is 25.3 Å². The van der Waals surface area contributed by atoms with Crippen LogP contribution in [-0.2, 0) is 27.4 Å². The molecule has 4 nitrogen and oxygen atoms in total. The van der Waals surface area contributed by atoms with E-state index < -0.39 is 0 Å². The molecule has 5 aliphatic carbocycles. The van der Waals surface area contributed by atoms with Crippen LogP contribution in [0.15, 0.2) is 152 Å². The van der Waals surface area contributed by atoms with Gasteiger partial charge in [-0.3, -0.25) is 0 Å².